The third-order valence-electron chi connectivity index (χ3n) is 3.16. The summed E-state index contributed by atoms with van der Waals surface area (Å²) in [7, 11) is 0. The highest BCUT2D eigenvalue weighted by molar-refractivity contribution is 7.07. The van der Waals surface area contributed by atoms with E-state index in [2.05, 4.69) is 28.7 Å². The molecule has 0 aliphatic heterocycles. The molecule has 1 unspecified atom stereocenters. The first-order chi connectivity index (χ1) is 7.79. The quantitative estimate of drug-likeness (QED) is 0.791. The van der Waals surface area contributed by atoms with Crippen LogP contribution >= 0.6 is 11.3 Å². The second-order valence-corrected chi connectivity index (χ2v) is 5.62. The maximum atomic E-state index is 6.14. The Bertz CT molecular complexity index is 293. The van der Waals surface area contributed by atoms with E-state index in [0.29, 0.717) is 6.04 Å². The Morgan fingerprint density at radius 3 is 2.94 bits per heavy atom. The van der Waals surface area contributed by atoms with Gasteiger partial charge in [0, 0.05) is 25.2 Å². The second-order valence-electron chi connectivity index (χ2n) is 4.84. The number of thiophene rings is 1. The molecule has 2 rings (SSSR count). The van der Waals surface area contributed by atoms with Gasteiger partial charge in [0.05, 0.1) is 0 Å². The Balaban J connectivity index is 1.85. The molecular weight excluding hydrogens is 216 g/mol. The van der Waals surface area contributed by atoms with Crippen LogP contribution in [0.4, 0.5) is 0 Å². The molecule has 90 valence electrons. The van der Waals surface area contributed by atoms with Crippen molar-refractivity contribution in [3.63, 3.8) is 0 Å². The van der Waals surface area contributed by atoms with Crippen LogP contribution in [0.3, 0.4) is 0 Å². The molecule has 0 spiro atoms. The molecule has 1 atom stereocenters. The van der Waals surface area contributed by atoms with Gasteiger partial charge in [-0.05, 0) is 41.7 Å². The lowest BCUT2D eigenvalue weighted by molar-refractivity contribution is 0.234. The maximum Gasteiger partial charge on any atom is 0.0245 e. The lowest BCUT2D eigenvalue weighted by atomic mass is 10.1. The van der Waals surface area contributed by atoms with Crippen LogP contribution in [-0.4, -0.2) is 23.5 Å². The summed E-state index contributed by atoms with van der Waals surface area (Å²) < 4.78 is 0. The Kier molecular flexibility index (Phi) is 4.38. The molecule has 2 N–H and O–H groups in total. The lowest BCUT2D eigenvalue weighted by Crippen LogP contribution is -2.38. The van der Waals surface area contributed by atoms with Crippen LogP contribution in [0.25, 0.3) is 0 Å². The van der Waals surface area contributed by atoms with Crippen LogP contribution in [0, 0.1) is 0 Å². The topological polar surface area (TPSA) is 29.3 Å². The first-order valence-electron chi connectivity index (χ1n) is 6.30. The van der Waals surface area contributed by atoms with Crippen LogP contribution in [0.1, 0.15) is 38.2 Å². The minimum atomic E-state index is 0.351. The van der Waals surface area contributed by atoms with E-state index in [1.807, 2.05) is 0 Å². The molecule has 2 nitrogen and oxygen atoms in total. The van der Waals surface area contributed by atoms with Crippen molar-refractivity contribution in [1.82, 2.24) is 4.90 Å². The van der Waals surface area contributed by atoms with Gasteiger partial charge in [0.1, 0.15) is 0 Å². The molecule has 0 bridgehead atoms. The summed E-state index contributed by atoms with van der Waals surface area (Å²) in [5, 5.41) is 4.41. The van der Waals surface area contributed by atoms with Gasteiger partial charge < -0.3 is 5.73 Å². The van der Waals surface area contributed by atoms with Crippen molar-refractivity contribution in [2.24, 2.45) is 5.73 Å². The van der Waals surface area contributed by atoms with Crippen molar-refractivity contribution in [3.8, 4) is 0 Å². The first kappa shape index (κ1) is 12.1. The number of rotatable bonds is 7. The highest BCUT2D eigenvalue weighted by atomic mass is 32.1. The standard InChI is InChI=1S/C13H22N2S/c1-2-3-12(14)9-15(13-4-5-13)8-11-6-7-16-10-11/h6-7,10,12-13H,2-5,8-9,14H2,1H3. The fraction of sp³-hybridized carbons (Fsp3) is 0.692. The molecule has 1 heterocycles. The summed E-state index contributed by atoms with van der Waals surface area (Å²) in [6.45, 7) is 4.36. The van der Waals surface area contributed by atoms with E-state index >= 15 is 0 Å². The van der Waals surface area contributed by atoms with E-state index in [1.165, 1.54) is 24.8 Å². The van der Waals surface area contributed by atoms with Gasteiger partial charge in [-0.2, -0.15) is 11.3 Å². The smallest absolute Gasteiger partial charge is 0.0245 e. The van der Waals surface area contributed by atoms with Crippen molar-refractivity contribution in [2.75, 3.05) is 6.54 Å². The Morgan fingerprint density at radius 2 is 2.38 bits per heavy atom. The third-order valence-corrected chi connectivity index (χ3v) is 3.89. The van der Waals surface area contributed by atoms with Gasteiger partial charge in [-0.15, -0.1) is 0 Å². The minimum absolute atomic E-state index is 0.351. The third kappa shape index (κ3) is 3.58. The Morgan fingerprint density at radius 1 is 1.56 bits per heavy atom. The van der Waals surface area contributed by atoms with E-state index < -0.39 is 0 Å². The van der Waals surface area contributed by atoms with Gasteiger partial charge in [0.2, 0.25) is 0 Å². The zero-order valence-corrected chi connectivity index (χ0v) is 10.9. The van der Waals surface area contributed by atoms with Crippen molar-refractivity contribution in [2.45, 2.75) is 51.2 Å². The Hall–Kier alpha value is -0.380. The fourth-order valence-corrected chi connectivity index (χ4v) is 2.82. The van der Waals surface area contributed by atoms with Crippen molar-refractivity contribution in [1.29, 1.82) is 0 Å². The van der Waals surface area contributed by atoms with Crippen LogP contribution in [0.5, 0.6) is 0 Å². The molecule has 3 heteroatoms. The minimum Gasteiger partial charge on any atom is -0.327 e. The molecule has 1 aromatic heterocycles. The molecule has 1 fully saturated rings. The number of nitrogens with zero attached hydrogens (tertiary/aromatic N) is 1. The molecule has 1 aliphatic carbocycles. The molecule has 16 heavy (non-hydrogen) atoms. The van der Waals surface area contributed by atoms with Gasteiger partial charge in [0.25, 0.3) is 0 Å². The molecule has 1 aromatic rings. The largest absolute Gasteiger partial charge is 0.327 e. The average Bonchev–Trinajstić information content (AvgIpc) is 2.98. The van der Waals surface area contributed by atoms with Crippen molar-refractivity contribution < 1.29 is 0 Å². The van der Waals surface area contributed by atoms with E-state index in [0.717, 1.165) is 25.6 Å². The van der Waals surface area contributed by atoms with E-state index in [1.54, 1.807) is 11.3 Å². The normalized spacial score (nSPS) is 17.9. The van der Waals surface area contributed by atoms with Gasteiger partial charge in [0.15, 0.2) is 0 Å². The van der Waals surface area contributed by atoms with Gasteiger partial charge in [-0.1, -0.05) is 13.3 Å². The number of hydrogen-bond acceptors (Lipinski definition) is 3. The first-order valence-corrected chi connectivity index (χ1v) is 7.24. The number of nitrogens with two attached hydrogens (primary N) is 1. The predicted molar refractivity (Wildman–Crippen MR) is 70.6 cm³/mol. The summed E-state index contributed by atoms with van der Waals surface area (Å²) in [4.78, 5) is 2.57. The Labute approximate surface area is 102 Å². The highest BCUT2D eigenvalue weighted by Gasteiger charge is 2.29. The maximum absolute atomic E-state index is 6.14. The van der Waals surface area contributed by atoms with Gasteiger partial charge >= 0.3 is 0 Å². The summed E-state index contributed by atoms with van der Waals surface area (Å²) in [5.74, 6) is 0. The predicted octanol–water partition coefficient (Wildman–Crippen LogP) is 2.84. The molecule has 0 amide bonds. The van der Waals surface area contributed by atoms with Gasteiger partial charge in [-0.3, -0.25) is 4.90 Å². The zero-order valence-electron chi connectivity index (χ0n) is 10.1. The molecule has 0 aromatic carbocycles. The highest BCUT2D eigenvalue weighted by Crippen LogP contribution is 2.28. The SMILES string of the molecule is CCCC(N)CN(Cc1ccsc1)C1CC1. The van der Waals surface area contributed by atoms with Crippen molar-refractivity contribution >= 4 is 11.3 Å². The summed E-state index contributed by atoms with van der Waals surface area (Å²) in [6.07, 6.45) is 5.07. The molecule has 1 aliphatic rings. The van der Waals surface area contributed by atoms with E-state index in [-0.39, 0.29) is 0 Å². The summed E-state index contributed by atoms with van der Waals surface area (Å²) >= 11 is 1.78. The molecular formula is C13H22N2S. The molecule has 0 radical (unpaired) electrons. The number of hydrogen-bond donors (Lipinski definition) is 1. The van der Waals surface area contributed by atoms with Crippen LogP contribution < -0.4 is 5.73 Å². The van der Waals surface area contributed by atoms with Gasteiger partial charge in [-0.25, -0.2) is 0 Å². The fourth-order valence-electron chi connectivity index (χ4n) is 2.16. The van der Waals surface area contributed by atoms with Crippen molar-refractivity contribution in [3.05, 3.63) is 22.4 Å². The lowest BCUT2D eigenvalue weighted by Gasteiger charge is -2.25. The van der Waals surface area contributed by atoms with E-state index in [4.69, 9.17) is 5.73 Å². The summed E-state index contributed by atoms with van der Waals surface area (Å²) in [5.41, 5.74) is 7.59. The summed E-state index contributed by atoms with van der Waals surface area (Å²) in [6, 6.07) is 3.39. The monoisotopic (exact) mass is 238 g/mol. The van der Waals surface area contributed by atoms with Crippen LogP contribution in [0.2, 0.25) is 0 Å². The van der Waals surface area contributed by atoms with Crippen LogP contribution in [-0.2, 0) is 6.54 Å². The molecule has 0 saturated heterocycles. The van der Waals surface area contributed by atoms with Crippen LogP contribution in [0.15, 0.2) is 16.8 Å². The second kappa shape index (κ2) is 5.80. The van der Waals surface area contributed by atoms with E-state index in [9.17, 15) is 0 Å². The zero-order chi connectivity index (χ0) is 11.4. The average molecular weight is 238 g/mol. The molecule has 1 saturated carbocycles.